The number of aryl methyl sites for hydroxylation is 2. The van der Waals surface area contributed by atoms with Crippen molar-refractivity contribution in [3.05, 3.63) is 46.1 Å². The van der Waals surface area contributed by atoms with Gasteiger partial charge in [0.15, 0.2) is 0 Å². The summed E-state index contributed by atoms with van der Waals surface area (Å²) in [5, 5.41) is 7.72. The van der Waals surface area contributed by atoms with Crippen molar-refractivity contribution in [2.24, 2.45) is 0 Å². The Morgan fingerprint density at radius 2 is 2.24 bits per heavy atom. The summed E-state index contributed by atoms with van der Waals surface area (Å²) >= 11 is 1.37. The molecule has 1 amide bonds. The molecule has 5 heterocycles. The van der Waals surface area contributed by atoms with Gasteiger partial charge in [-0.3, -0.25) is 4.79 Å². The third-order valence-electron chi connectivity index (χ3n) is 7.33. The zero-order chi connectivity index (χ0) is 23.3. The molecule has 2 unspecified atom stereocenters. The van der Waals surface area contributed by atoms with Crippen molar-refractivity contribution in [3.63, 3.8) is 0 Å². The van der Waals surface area contributed by atoms with E-state index in [0.29, 0.717) is 10.6 Å². The minimum atomic E-state index is -0.110. The van der Waals surface area contributed by atoms with E-state index in [9.17, 15) is 4.79 Å². The second kappa shape index (κ2) is 8.48. The summed E-state index contributed by atoms with van der Waals surface area (Å²) in [5.41, 5.74) is 10.2. The van der Waals surface area contributed by atoms with E-state index >= 15 is 0 Å². The van der Waals surface area contributed by atoms with E-state index in [0.717, 1.165) is 86.0 Å². The van der Waals surface area contributed by atoms with Crippen molar-refractivity contribution < 1.29 is 9.53 Å². The molecule has 3 aromatic rings. The largest absolute Gasteiger partial charge is 0.397 e. The Morgan fingerprint density at radius 3 is 3.09 bits per heavy atom. The van der Waals surface area contributed by atoms with Crippen molar-refractivity contribution in [2.75, 3.05) is 43.5 Å². The molecular weight excluding hydrogens is 448 g/mol. The first-order valence-electron chi connectivity index (χ1n) is 12.0. The molecule has 2 atom stereocenters. The van der Waals surface area contributed by atoms with E-state index in [1.807, 2.05) is 19.1 Å². The first-order valence-corrected chi connectivity index (χ1v) is 12.8. The quantitative estimate of drug-likeness (QED) is 0.531. The number of rotatable bonds is 3. The Morgan fingerprint density at radius 1 is 1.32 bits per heavy atom. The van der Waals surface area contributed by atoms with Crippen molar-refractivity contribution in [3.8, 4) is 0 Å². The minimum Gasteiger partial charge on any atom is -0.397 e. The number of pyridine rings is 2. The minimum absolute atomic E-state index is 0.0634. The molecule has 3 aromatic heterocycles. The van der Waals surface area contributed by atoms with Gasteiger partial charge in [0.1, 0.15) is 15.5 Å². The van der Waals surface area contributed by atoms with Gasteiger partial charge in [-0.15, -0.1) is 11.3 Å². The van der Waals surface area contributed by atoms with Crippen molar-refractivity contribution in [1.29, 1.82) is 0 Å². The van der Waals surface area contributed by atoms with E-state index in [-0.39, 0.29) is 17.5 Å². The number of amides is 1. The molecule has 0 bridgehead atoms. The standard InChI is InChI=1S/C25H30N6O2S/c1-15-2-5-18-21(26)22(34-24(18)28-15)23(32)29-17-4-6-19-16(12-17)3-7-20(30-19)31-10-8-25(13-31)14-33-11-9-27-25/h2-3,5,7,17,27H,4,6,8-14,26H2,1H3,(H,29,32). The highest BCUT2D eigenvalue weighted by Crippen LogP contribution is 2.33. The van der Waals surface area contributed by atoms with E-state index < -0.39 is 0 Å². The van der Waals surface area contributed by atoms with Gasteiger partial charge in [-0.25, -0.2) is 9.97 Å². The summed E-state index contributed by atoms with van der Waals surface area (Å²) in [4.78, 5) is 26.3. The maximum Gasteiger partial charge on any atom is 0.263 e. The van der Waals surface area contributed by atoms with Crippen LogP contribution < -0.4 is 21.3 Å². The topological polar surface area (TPSA) is 105 Å². The van der Waals surface area contributed by atoms with Gasteiger partial charge in [0.05, 0.1) is 24.4 Å². The smallest absolute Gasteiger partial charge is 0.263 e. The summed E-state index contributed by atoms with van der Waals surface area (Å²) in [6, 6.07) is 8.26. The highest BCUT2D eigenvalue weighted by Gasteiger charge is 2.40. The average molecular weight is 479 g/mol. The second-order valence-corrected chi connectivity index (χ2v) is 10.8. The number of nitrogen functional groups attached to an aromatic ring is 1. The predicted octanol–water partition coefficient (Wildman–Crippen LogP) is 2.44. The molecule has 1 spiro atoms. The van der Waals surface area contributed by atoms with Crippen LogP contribution in [0.2, 0.25) is 0 Å². The number of ether oxygens (including phenoxy) is 1. The van der Waals surface area contributed by atoms with Gasteiger partial charge in [0, 0.05) is 42.5 Å². The van der Waals surface area contributed by atoms with Gasteiger partial charge >= 0.3 is 0 Å². The first kappa shape index (κ1) is 21.8. The summed E-state index contributed by atoms with van der Waals surface area (Å²) in [5.74, 6) is 0.937. The number of aromatic nitrogens is 2. The van der Waals surface area contributed by atoms with Crippen LogP contribution in [-0.4, -0.2) is 60.3 Å². The SMILES string of the molecule is Cc1ccc2c(N)c(C(=O)NC3CCc4nc(N5CCC6(COCCN6)C5)ccc4C3)sc2n1. The molecule has 34 heavy (non-hydrogen) atoms. The summed E-state index contributed by atoms with van der Waals surface area (Å²) in [6.07, 6.45) is 3.60. The first-order chi connectivity index (χ1) is 16.5. The molecular formula is C25H30N6O2S. The van der Waals surface area contributed by atoms with Crippen molar-refractivity contribution in [1.82, 2.24) is 20.6 Å². The Labute approximate surface area is 202 Å². The fraction of sp³-hybridized carbons (Fsp3) is 0.480. The number of nitrogens with zero attached hydrogens (tertiary/aromatic N) is 3. The predicted molar refractivity (Wildman–Crippen MR) is 135 cm³/mol. The van der Waals surface area contributed by atoms with Crippen LogP contribution in [0.3, 0.4) is 0 Å². The fourth-order valence-corrected chi connectivity index (χ4v) is 6.49. The van der Waals surface area contributed by atoms with Crippen LogP contribution in [0.25, 0.3) is 10.2 Å². The lowest BCUT2D eigenvalue weighted by molar-refractivity contribution is 0.0368. The number of morpholine rings is 1. The molecule has 8 nitrogen and oxygen atoms in total. The number of carbonyl (C=O) groups is 1. The number of hydrogen-bond acceptors (Lipinski definition) is 8. The average Bonchev–Trinajstić information content (AvgIpc) is 3.40. The lowest BCUT2D eigenvalue weighted by atomic mass is 9.91. The molecule has 0 radical (unpaired) electrons. The highest BCUT2D eigenvalue weighted by atomic mass is 32.1. The number of hydrogen-bond donors (Lipinski definition) is 3. The second-order valence-electron chi connectivity index (χ2n) is 9.77. The molecule has 2 saturated heterocycles. The van der Waals surface area contributed by atoms with Crippen molar-refractivity contribution >= 4 is 39.0 Å². The van der Waals surface area contributed by atoms with Gasteiger partial charge < -0.3 is 26.0 Å². The summed E-state index contributed by atoms with van der Waals surface area (Å²) in [7, 11) is 0. The molecule has 4 N–H and O–H groups in total. The van der Waals surface area contributed by atoms with Crippen molar-refractivity contribution in [2.45, 2.75) is 44.2 Å². The monoisotopic (exact) mass is 478 g/mol. The van der Waals surface area contributed by atoms with Gasteiger partial charge in [0.25, 0.3) is 5.91 Å². The van der Waals surface area contributed by atoms with Crippen LogP contribution in [-0.2, 0) is 17.6 Å². The highest BCUT2D eigenvalue weighted by molar-refractivity contribution is 7.21. The maximum atomic E-state index is 13.0. The van der Waals surface area contributed by atoms with E-state index in [4.69, 9.17) is 15.5 Å². The van der Waals surface area contributed by atoms with Gasteiger partial charge in [0.2, 0.25) is 0 Å². The normalized spacial score (nSPS) is 24.5. The van der Waals surface area contributed by atoms with Crippen LogP contribution in [0, 0.1) is 6.92 Å². The molecule has 6 rings (SSSR count). The lowest BCUT2D eigenvalue weighted by Crippen LogP contribution is -2.55. The Bertz CT molecular complexity index is 1250. The Kier molecular flexibility index (Phi) is 5.43. The van der Waals surface area contributed by atoms with Crippen LogP contribution in [0.1, 0.15) is 39.5 Å². The number of nitrogens with one attached hydrogen (secondary N) is 2. The number of thiophene rings is 1. The fourth-order valence-electron chi connectivity index (χ4n) is 5.45. The number of anilines is 2. The third kappa shape index (κ3) is 3.91. The molecule has 178 valence electrons. The molecule has 9 heteroatoms. The van der Waals surface area contributed by atoms with E-state index in [2.05, 4.69) is 32.7 Å². The summed E-state index contributed by atoms with van der Waals surface area (Å²) in [6.45, 7) is 6.35. The zero-order valence-corrected chi connectivity index (χ0v) is 20.2. The van der Waals surface area contributed by atoms with Gasteiger partial charge in [-0.05, 0) is 56.4 Å². The molecule has 1 aliphatic carbocycles. The Balaban J connectivity index is 1.13. The Hall–Kier alpha value is -2.75. The maximum absolute atomic E-state index is 13.0. The molecule has 3 aliphatic rings. The molecule has 0 aromatic carbocycles. The van der Waals surface area contributed by atoms with E-state index in [1.54, 1.807) is 0 Å². The van der Waals surface area contributed by atoms with Crippen LogP contribution in [0.5, 0.6) is 0 Å². The molecule has 2 fully saturated rings. The lowest BCUT2D eigenvalue weighted by Gasteiger charge is -2.34. The number of nitrogens with two attached hydrogens (primary N) is 1. The summed E-state index contributed by atoms with van der Waals surface area (Å²) < 4.78 is 5.73. The van der Waals surface area contributed by atoms with E-state index in [1.165, 1.54) is 16.9 Å². The van der Waals surface area contributed by atoms with Gasteiger partial charge in [-0.1, -0.05) is 6.07 Å². The van der Waals surface area contributed by atoms with Crippen LogP contribution in [0.15, 0.2) is 24.3 Å². The third-order valence-corrected chi connectivity index (χ3v) is 8.44. The van der Waals surface area contributed by atoms with Crippen LogP contribution >= 0.6 is 11.3 Å². The molecule has 2 aliphatic heterocycles. The number of carbonyl (C=O) groups excluding carboxylic acids is 1. The zero-order valence-electron chi connectivity index (χ0n) is 19.4. The van der Waals surface area contributed by atoms with Crippen LogP contribution in [0.4, 0.5) is 11.5 Å². The molecule has 0 saturated carbocycles. The number of fused-ring (bicyclic) bond motifs is 2. The van der Waals surface area contributed by atoms with Gasteiger partial charge in [-0.2, -0.15) is 0 Å².